The van der Waals surface area contributed by atoms with Crippen LogP contribution in [0, 0.1) is 5.41 Å². The lowest BCUT2D eigenvalue weighted by Gasteiger charge is -2.12. The SMILES string of the molecule is COc1cc(/C=c2\s/c(=C\C(=O)C(C)(C)C)n(C)c2=O)cc(Cl)c1O. The van der Waals surface area contributed by atoms with Crippen LogP contribution in [0.1, 0.15) is 26.3 Å². The van der Waals surface area contributed by atoms with Gasteiger partial charge in [0.1, 0.15) is 4.66 Å². The van der Waals surface area contributed by atoms with Gasteiger partial charge in [-0.05, 0) is 23.8 Å². The van der Waals surface area contributed by atoms with Crippen molar-refractivity contribution in [3.63, 3.8) is 0 Å². The minimum atomic E-state index is -0.512. The van der Waals surface area contributed by atoms with Gasteiger partial charge < -0.3 is 14.4 Å². The van der Waals surface area contributed by atoms with Gasteiger partial charge in [0.25, 0.3) is 5.56 Å². The minimum absolute atomic E-state index is 0.0507. The van der Waals surface area contributed by atoms with Crippen LogP contribution in [0.3, 0.4) is 0 Å². The van der Waals surface area contributed by atoms with Crippen molar-refractivity contribution in [1.29, 1.82) is 0 Å². The molecule has 7 heteroatoms. The number of thiazole rings is 1. The second-order valence-corrected chi connectivity index (χ2v) is 8.09. The van der Waals surface area contributed by atoms with Gasteiger partial charge in [-0.1, -0.05) is 32.4 Å². The molecule has 5 nitrogen and oxygen atoms in total. The van der Waals surface area contributed by atoms with Gasteiger partial charge in [0.15, 0.2) is 17.3 Å². The second-order valence-electron chi connectivity index (χ2n) is 6.63. The summed E-state index contributed by atoms with van der Waals surface area (Å²) >= 11 is 7.20. The molecule has 0 atom stereocenters. The number of hydrogen-bond donors (Lipinski definition) is 1. The normalized spacial score (nSPS) is 13.4. The fourth-order valence-electron chi connectivity index (χ4n) is 2.02. The Bertz CT molecular complexity index is 996. The first kappa shape index (κ1) is 19.3. The number of aromatic hydroxyl groups is 1. The van der Waals surface area contributed by atoms with Crippen molar-refractivity contribution < 1.29 is 14.6 Å². The van der Waals surface area contributed by atoms with Gasteiger partial charge >= 0.3 is 0 Å². The summed E-state index contributed by atoms with van der Waals surface area (Å²) < 4.78 is 7.55. The molecular weight excluding hydrogens is 362 g/mol. The Labute approximate surface area is 154 Å². The highest BCUT2D eigenvalue weighted by Gasteiger charge is 2.19. The van der Waals surface area contributed by atoms with E-state index in [0.29, 0.717) is 14.8 Å². The molecule has 1 aromatic carbocycles. The highest BCUT2D eigenvalue weighted by molar-refractivity contribution is 7.07. The number of methoxy groups -OCH3 is 1. The van der Waals surface area contributed by atoms with Crippen molar-refractivity contribution in [2.45, 2.75) is 20.8 Å². The maximum absolute atomic E-state index is 12.4. The largest absolute Gasteiger partial charge is 0.503 e. The molecule has 2 aromatic rings. The van der Waals surface area contributed by atoms with Crippen molar-refractivity contribution >= 4 is 40.9 Å². The number of ether oxygens (including phenoxy) is 1. The summed E-state index contributed by atoms with van der Waals surface area (Å²) in [5.41, 5.74) is -0.102. The summed E-state index contributed by atoms with van der Waals surface area (Å²) in [6.45, 7) is 5.49. The zero-order chi connectivity index (χ0) is 18.9. The fraction of sp³-hybridized carbons (Fsp3) is 0.333. The Morgan fingerprint density at radius 3 is 2.56 bits per heavy atom. The average Bonchev–Trinajstić information content (AvgIpc) is 2.78. The number of aromatic nitrogens is 1. The van der Waals surface area contributed by atoms with Crippen LogP contribution in [0.5, 0.6) is 11.5 Å². The lowest BCUT2D eigenvalue weighted by Crippen LogP contribution is -2.30. The maximum Gasteiger partial charge on any atom is 0.268 e. The number of nitrogens with zero attached hydrogens (tertiary/aromatic N) is 1. The number of halogens is 1. The van der Waals surface area contributed by atoms with Crippen LogP contribution in [0.25, 0.3) is 12.2 Å². The second kappa shape index (κ2) is 7.06. The summed E-state index contributed by atoms with van der Waals surface area (Å²) in [5, 5.41) is 9.92. The molecule has 0 spiro atoms. The molecule has 134 valence electrons. The molecule has 1 N–H and O–H groups in total. The predicted molar refractivity (Wildman–Crippen MR) is 101 cm³/mol. The highest BCUT2D eigenvalue weighted by atomic mass is 35.5. The number of phenolic OH excluding ortho intramolecular Hbond substituents is 1. The standard InChI is InChI=1S/C18H20ClNO4S/c1-18(2,3)14(21)9-15-20(4)17(23)13(25-15)8-10-6-11(19)16(22)12(7-10)24-5/h6-9,22H,1-5H3/b13-8-,15-9-. The quantitative estimate of drug-likeness (QED) is 0.883. The van der Waals surface area contributed by atoms with E-state index in [4.69, 9.17) is 16.3 Å². The predicted octanol–water partition coefficient (Wildman–Crippen LogP) is 2.04. The Balaban J connectivity index is 2.63. The molecule has 0 unspecified atom stereocenters. The van der Waals surface area contributed by atoms with Gasteiger partial charge in [0, 0.05) is 18.5 Å². The van der Waals surface area contributed by atoms with E-state index in [-0.39, 0.29) is 27.9 Å². The smallest absolute Gasteiger partial charge is 0.268 e. The molecule has 1 heterocycles. The molecule has 0 amide bonds. The molecule has 0 aliphatic carbocycles. The van der Waals surface area contributed by atoms with E-state index in [9.17, 15) is 14.7 Å². The number of rotatable bonds is 3. The Morgan fingerprint density at radius 1 is 1.36 bits per heavy atom. The van der Waals surface area contributed by atoms with Crippen LogP contribution in [-0.4, -0.2) is 22.6 Å². The van der Waals surface area contributed by atoms with E-state index in [1.807, 2.05) is 20.8 Å². The van der Waals surface area contributed by atoms with E-state index < -0.39 is 5.41 Å². The molecule has 0 fully saturated rings. The Morgan fingerprint density at radius 2 is 2.00 bits per heavy atom. The van der Waals surface area contributed by atoms with E-state index in [0.717, 1.165) is 0 Å². The maximum atomic E-state index is 12.4. The van der Waals surface area contributed by atoms with Crippen molar-refractivity contribution in [1.82, 2.24) is 4.57 Å². The molecule has 0 aliphatic rings. The number of carbonyl (C=O) groups excluding carboxylic acids is 1. The number of phenols is 1. The average molecular weight is 382 g/mol. The van der Waals surface area contributed by atoms with Crippen molar-refractivity contribution in [2.24, 2.45) is 12.5 Å². The van der Waals surface area contributed by atoms with Crippen LogP contribution < -0.4 is 19.5 Å². The summed E-state index contributed by atoms with van der Waals surface area (Å²) in [4.78, 5) is 24.6. The van der Waals surface area contributed by atoms with Gasteiger partial charge in [-0.15, -0.1) is 11.3 Å². The number of hydrogen-bond acceptors (Lipinski definition) is 5. The third kappa shape index (κ3) is 4.14. The summed E-state index contributed by atoms with van der Waals surface area (Å²) in [7, 11) is 3.05. The number of carbonyl (C=O) groups is 1. The van der Waals surface area contributed by atoms with Crippen LogP contribution in [0.2, 0.25) is 5.02 Å². The number of Topliss-reactive ketones (excluding diaryl/α,β-unsaturated/α-hetero) is 1. The van der Waals surface area contributed by atoms with Gasteiger partial charge in [-0.25, -0.2) is 0 Å². The van der Waals surface area contributed by atoms with Crippen molar-refractivity contribution in [2.75, 3.05) is 7.11 Å². The van der Waals surface area contributed by atoms with Crippen molar-refractivity contribution in [3.8, 4) is 11.5 Å². The summed E-state index contributed by atoms with van der Waals surface area (Å²) in [6.07, 6.45) is 3.15. The van der Waals surface area contributed by atoms with Crippen LogP contribution in [0.4, 0.5) is 0 Å². The van der Waals surface area contributed by atoms with Crippen LogP contribution in [0.15, 0.2) is 16.9 Å². The Hall–Kier alpha value is -2.05. The number of ketones is 1. The molecule has 0 aliphatic heterocycles. The zero-order valence-electron chi connectivity index (χ0n) is 14.7. The van der Waals surface area contributed by atoms with Crippen molar-refractivity contribution in [3.05, 3.63) is 42.3 Å². The number of benzene rings is 1. The first-order chi connectivity index (χ1) is 11.5. The highest BCUT2D eigenvalue weighted by Crippen LogP contribution is 2.35. The first-order valence-corrected chi connectivity index (χ1v) is 8.74. The van der Waals surface area contributed by atoms with Gasteiger partial charge in [-0.3, -0.25) is 9.59 Å². The molecule has 25 heavy (non-hydrogen) atoms. The van der Waals surface area contributed by atoms with E-state index >= 15 is 0 Å². The van der Waals surface area contributed by atoms with Gasteiger partial charge in [-0.2, -0.15) is 0 Å². The molecule has 2 rings (SSSR count). The fourth-order valence-corrected chi connectivity index (χ4v) is 3.27. The van der Waals surface area contributed by atoms with Gasteiger partial charge in [0.05, 0.1) is 16.7 Å². The van der Waals surface area contributed by atoms with Crippen LogP contribution >= 0.6 is 22.9 Å². The minimum Gasteiger partial charge on any atom is -0.503 e. The molecule has 0 bridgehead atoms. The van der Waals surface area contributed by atoms with Gasteiger partial charge in [0.2, 0.25) is 0 Å². The van der Waals surface area contributed by atoms with E-state index in [2.05, 4.69) is 0 Å². The van der Waals surface area contributed by atoms with Crippen LogP contribution in [-0.2, 0) is 11.8 Å². The first-order valence-electron chi connectivity index (χ1n) is 7.55. The third-order valence-electron chi connectivity index (χ3n) is 3.62. The lowest BCUT2D eigenvalue weighted by molar-refractivity contribution is -0.120. The molecular formula is C18H20ClNO4S. The third-order valence-corrected chi connectivity index (χ3v) is 5.02. The summed E-state index contributed by atoms with van der Waals surface area (Å²) in [6, 6.07) is 3.13. The topological polar surface area (TPSA) is 68.5 Å². The summed E-state index contributed by atoms with van der Waals surface area (Å²) in [5.74, 6) is 0.0252. The monoisotopic (exact) mass is 381 g/mol. The van der Waals surface area contributed by atoms with E-state index in [1.54, 1.807) is 25.3 Å². The molecule has 0 radical (unpaired) electrons. The Kier molecular flexibility index (Phi) is 5.44. The lowest BCUT2D eigenvalue weighted by atomic mass is 9.91. The molecule has 0 saturated carbocycles. The molecule has 0 saturated heterocycles. The van der Waals surface area contributed by atoms with E-state index in [1.165, 1.54) is 29.1 Å². The molecule has 1 aromatic heterocycles. The zero-order valence-corrected chi connectivity index (χ0v) is 16.3.